The van der Waals surface area contributed by atoms with Gasteiger partial charge in [-0.15, -0.1) is 0 Å². The van der Waals surface area contributed by atoms with E-state index >= 15 is 0 Å². The number of nitrogens with one attached hydrogen (secondary N) is 2. The second kappa shape index (κ2) is 4.79. The van der Waals surface area contributed by atoms with Gasteiger partial charge in [0.2, 0.25) is 0 Å². The third kappa shape index (κ3) is 2.22. The van der Waals surface area contributed by atoms with E-state index in [0.717, 1.165) is 21.2 Å². The van der Waals surface area contributed by atoms with Gasteiger partial charge in [-0.05, 0) is 38.1 Å². The zero-order valence-electron chi connectivity index (χ0n) is 11.0. The van der Waals surface area contributed by atoms with Gasteiger partial charge in [0.15, 0.2) is 5.76 Å². The predicted octanol–water partition coefficient (Wildman–Crippen LogP) is 3.79. The van der Waals surface area contributed by atoms with Gasteiger partial charge in [-0.25, -0.2) is 0 Å². The van der Waals surface area contributed by atoms with Gasteiger partial charge in [0.1, 0.15) is 5.58 Å². The van der Waals surface area contributed by atoms with Crippen LogP contribution >= 0.6 is 15.9 Å². The van der Waals surface area contributed by atoms with E-state index in [0.29, 0.717) is 11.3 Å². The number of hydrogen-bond donors (Lipinski definition) is 2. The number of carbonyl (C=O) groups is 1. The Morgan fingerprint density at radius 3 is 2.85 bits per heavy atom. The highest BCUT2D eigenvalue weighted by atomic mass is 79.9. The fraction of sp³-hybridized carbons (Fsp3) is 0.143. The second-order valence-corrected chi connectivity index (χ2v) is 5.47. The van der Waals surface area contributed by atoms with Crippen molar-refractivity contribution < 1.29 is 9.21 Å². The molecule has 0 aliphatic carbocycles. The minimum atomic E-state index is -0.287. The van der Waals surface area contributed by atoms with Crippen LogP contribution in [0.5, 0.6) is 0 Å². The third-order valence-corrected chi connectivity index (χ3v) is 3.57. The zero-order valence-corrected chi connectivity index (χ0v) is 12.5. The molecule has 1 aromatic carbocycles. The van der Waals surface area contributed by atoms with E-state index in [9.17, 15) is 4.79 Å². The largest absolute Gasteiger partial charge is 0.451 e. The summed E-state index contributed by atoms with van der Waals surface area (Å²) in [5.41, 5.74) is 2.92. The smallest absolute Gasteiger partial charge is 0.291 e. The van der Waals surface area contributed by atoms with Crippen molar-refractivity contribution in [2.75, 3.05) is 5.32 Å². The summed E-state index contributed by atoms with van der Waals surface area (Å²) in [7, 11) is 0. The SMILES string of the molecule is Cc1n[nH]c(C)c1NC(=O)c1cc2ccc(Br)cc2o1. The molecule has 0 fully saturated rings. The highest BCUT2D eigenvalue weighted by Crippen LogP contribution is 2.24. The van der Waals surface area contributed by atoms with Gasteiger partial charge < -0.3 is 9.73 Å². The van der Waals surface area contributed by atoms with E-state index in [4.69, 9.17) is 4.42 Å². The molecule has 2 N–H and O–H groups in total. The standard InChI is InChI=1S/C14H12BrN3O2/c1-7-13(8(2)18-17-7)16-14(19)12-5-9-3-4-10(15)6-11(9)20-12/h3-6H,1-2H3,(H,16,19)(H,17,18). The number of hydrogen-bond acceptors (Lipinski definition) is 3. The zero-order chi connectivity index (χ0) is 14.3. The van der Waals surface area contributed by atoms with Crippen LogP contribution in [-0.4, -0.2) is 16.1 Å². The maximum atomic E-state index is 12.2. The molecule has 3 aromatic rings. The van der Waals surface area contributed by atoms with E-state index in [2.05, 4.69) is 31.4 Å². The Bertz CT molecular complexity index is 784. The number of fused-ring (bicyclic) bond motifs is 1. The van der Waals surface area contributed by atoms with Crippen LogP contribution in [0, 0.1) is 13.8 Å². The van der Waals surface area contributed by atoms with Gasteiger partial charge in [-0.1, -0.05) is 15.9 Å². The molecule has 6 heteroatoms. The van der Waals surface area contributed by atoms with Gasteiger partial charge in [-0.3, -0.25) is 9.89 Å². The molecule has 20 heavy (non-hydrogen) atoms. The lowest BCUT2D eigenvalue weighted by Gasteiger charge is -2.02. The Kier molecular flexibility index (Phi) is 3.10. The summed E-state index contributed by atoms with van der Waals surface area (Å²) in [6.45, 7) is 3.68. The molecule has 0 aliphatic heterocycles. The Morgan fingerprint density at radius 1 is 1.35 bits per heavy atom. The maximum absolute atomic E-state index is 12.2. The minimum absolute atomic E-state index is 0.276. The van der Waals surface area contributed by atoms with Crippen LogP contribution in [0.3, 0.4) is 0 Å². The minimum Gasteiger partial charge on any atom is -0.451 e. The number of amides is 1. The van der Waals surface area contributed by atoms with Crippen LogP contribution in [0.25, 0.3) is 11.0 Å². The topological polar surface area (TPSA) is 70.9 Å². The molecule has 2 aromatic heterocycles. The number of aryl methyl sites for hydroxylation is 2. The van der Waals surface area contributed by atoms with Crippen LogP contribution in [-0.2, 0) is 0 Å². The molecule has 0 saturated heterocycles. The molecule has 0 spiro atoms. The molecule has 0 bridgehead atoms. The number of benzene rings is 1. The maximum Gasteiger partial charge on any atom is 0.291 e. The van der Waals surface area contributed by atoms with Crippen LogP contribution in [0.1, 0.15) is 21.9 Å². The van der Waals surface area contributed by atoms with Crippen LogP contribution in [0.2, 0.25) is 0 Å². The first kappa shape index (κ1) is 12.9. The molecule has 0 unspecified atom stereocenters. The number of furan rings is 1. The number of anilines is 1. The van der Waals surface area contributed by atoms with Crippen molar-refractivity contribution in [3.05, 3.63) is 45.9 Å². The van der Waals surface area contributed by atoms with Gasteiger partial charge in [0, 0.05) is 9.86 Å². The van der Waals surface area contributed by atoms with Gasteiger partial charge in [0.05, 0.1) is 17.1 Å². The molecule has 0 radical (unpaired) electrons. The summed E-state index contributed by atoms with van der Waals surface area (Å²) < 4.78 is 6.48. The monoisotopic (exact) mass is 333 g/mol. The third-order valence-electron chi connectivity index (χ3n) is 3.07. The highest BCUT2D eigenvalue weighted by Gasteiger charge is 2.16. The first-order chi connectivity index (χ1) is 9.54. The molecular weight excluding hydrogens is 322 g/mol. The summed E-state index contributed by atoms with van der Waals surface area (Å²) in [6.07, 6.45) is 0. The fourth-order valence-electron chi connectivity index (χ4n) is 2.03. The van der Waals surface area contributed by atoms with Crippen molar-refractivity contribution in [2.45, 2.75) is 13.8 Å². The second-order valence-electron chi connectivity index (χ2n) is 4.56. The Hall–Kier alpha value is -2.08. The Morgan fingerprint density at radius 2 is 2.15 bits per heavy atom. The summed E-state index contributed by atoms with van der Waals surface area (Å²) in [5, 5.41) is 10.6. The summed E-state index contributed by atoms with van der Waals surface area (Å²) >= 11 is 3.37. The molecule has 2 heterocycles. The van der Waals surface area contributed by atoms with Gasteiger partial charge in [0.25, 0.3) is 5.91 Å². The average molecular weight is 334 g/mol. The number of aromatic amines is 1. The van der Waals surface area contributed by atoms with E-state index in [1.165, 1.54) is 0 Å². The van der Waals surface area contributed by atoms with Crippen molar-refractivity contribution in [1.29, 1.82) is 0 Å². The normalized spacial score (nSPS) is 10.9. The van der Waals surface area contributed by atoms with Crippen molar-refractivity contribution in [2.24, 2.45) is 0 Å². The predicted molar refractivity (Wildman–Crippen MR) is 79.9 cm³/mol. The van der Waals surface area contributed by atoms with E-state index in [-0.39, 0.29) is 11.7 Å². The van der Waals surface area contributed by atoms with E-state index in [1.807, 2.05) is 32.0 Å². The number of carbonyl (C=O) groups excluding carboxylic acids is 1. The summed E-state index contributed by atoms with van der Waals surface area (Å²) in [5.74, 6) is -0.0111. The summed E-state index contributed by atoms with van der Waals surface area (Å²) in [4.78, 5) is 12.2. The van der Waals surface area contributed by atoms with E-state index in [1.54, 1.807) is 6.07 Å². The van der Waals surface area contributed by atoms with E-state index < -0.39 is 0 Å². The Labute approximate surface area is 123 Å². The first-order valence-corrected chi connectivity index (χ1v) is 6.86. The molecule has 102 valence electrons. The van der Waals surface area contributed by atoms with Crippen LogP contribution in [0.15, 0.2) is 33.2 Å². The number of H-pyrrole nitrogens is 1. The lowest BCUT2D eigenvalue weighted by molar-refractivity contribution is 0.0998. The summed E-state index contributed by atoms with van der Waals surface area (Å²) in [6, 6.07) is 7.36. The molecular formula is C14H12BrN3O2. The van der Waals surface area contributed by atoms with Gasteiger partial charge >= 0.3 is 0 Å². The fourth-order valence-corrected chi connectivity index (χ4v) is 2.37. The molecule has 3 rings (SSSR count). The number of aromatic nitrogens is 2. The lowest BCUT2D eigenvalue weighted by Crippen LogP contribution is -2.11. The van der Waals surface area contributed by atoms with Crippen molar-refractivity contribution in [1.82, 2.24) is 10.2 Å². The first-order valence-electron chi connectivity index (χ1n) is 6.06. The molecule has 5 nitrogen and oxygen atoms in total. The lowest BCUT2D eigenvalue weighted by atomic mass is 10.2. The molecule has 0 atom stereocenters. The quantitative estimate of drug-likeness (QED) is 0.749. The van der Waals surface area contributed by atoms with Crippen LogP contribution in [0.4, 0.5) is 5.69 Å². The van der Waals surface area contributed by atoms with Crippen molar-refractivity contribution in [3.8, 4) is 0 Å². The van der Waals surface area contributed by atoms with Gasteiger partial charge in [-0.2, -0.15) is 5.10 Å². The van der Waals surface area contributed by atoms with Crippen LogP contribution < -0.4 is 5.32 Å². The number of halogens is 1. The molecule has 0 saturated carbocycles. The van der Waals surface area contributed by atoms with Crippen molar-refractivity contribution in [3.63, 3.8) is 0 Å². The molecule has 0 aliphatic rings. The average Bonchev–Trinajstić information content (AvgIpc) is 2.96. The number of nitrogens with zero attached hydrogens (tertiary/aromatic N) is 1. The molecule has 1 amide bonds. The Balaban J connectivity index is 1.93. The number of rotatable bonds is 2. The van der Waals surface area contributed by atoms with Crippen molar-refractivity contribution >= 4 is 38.5 Å². The highest BCUT2D eigenvalue weighted by molar-refractivity contribution is 9.10.